The lowest BCUT2D eigenvalue weighted by Gasteiger charge is -2.17. The van der Waals surface area contributed by atoms with Crippen molar-refractivity contribution in [3.05, 3.63) is 24.1 Å². The molecule has 1 aliphatic heterocycles. The lowest BCUT2D eigenvalue weighted by molar-refractivity contribution is 0.408. The molecule has 3 rings (SSSR count). The minimum absolute atomic E-state index is 0.419. The van der Waals surface area contributed by atoms with E-state index in [1.54, 1.807) is 6.20 Å². The second kappa shape index (κ2) is 2.95. The molecule has 2 aliphatic rings. The van der Waals surface area contributed by atoms with E-state index in [4.69, 9.17) is 4.52 Å². The monoisotopic (exact) mass is 190 g/mol. The topological polar surface area (TPSA) is 38.1 Å². The van der Waals surface area contributed by atoms with Crippen LogP contribution >= 0.6 is 0 Å². The highest BCUT2D eigenvalue weighted by atomic mass is 16.5. The Morgan fingerprint density at radius 3 is 3.14 bits per heavy atom. The van der Waals surface area contributed by atoms with Gasteiger partial charge in [0.25, 0.3) is 0 Å². The van der Waals surface area contributed by atoms with Crippen molar-refractivity contribution in [3.63, 3.8) is 0 Å². The van der Waals surface area contributed by atoms with E-state index in [1.165, 1.54) is 18.4 Å². The second-order valence-electron chi connectivity index (χ2n) is 4.34. The highest BCUT2D eigenvalue weighted by Crippen LogP contribution is 2.43. The van der Waals surface area contributed by atoms with Crippen LogP contribution in [0.4, 0.5) is 0 Å². The fourth-order valence-electron chi connectivity index (χ4n) is 2.57. The predicted octanol–water partition coefficient (Wildman–Crippen LogP) is 1.83. The van der Waals surface area contributed by atoms with Crippen molar-refractivity contribution >= 4 is 5.57 Å². The average molecular weight is 190 g/mol. The third-order valence-corrected chi connectivity index (χ3v) is 3.40. The first-order chi connectivity index (χ1) is 6.88. The molecule has 1 N–H and O–H groups in total. The number of nitrogens with zero attached hydrogens (tertiary/aromatic N) is 1. The fourth-order valence-corrected chi connectivity index (χ4v) is 2.57. The highest BCUT2D eigenvalue weighted by molar-refractivity contribution is 5.64. The maximum atomic E-state index is 5.18. The Labute approximate surface area is 83.2 Å². The van der Waals surface area contributed by atoms with Crippen molar-refractivity contribution in [2.75, 3.05) is 13.1 Å². The molecular weight excluding hydrogens is 176 g/mol. The largest absolute Gasteiger partial charge is 0.357 e. The number of aromatic nitrogens is 1. The maximum absolute atomic E-state index is 5.18. The van der Waals surface area contributed by atoms with Crippen LogP contribution in [-0.4, -0.2) is 18.2 Å². The fraction of sp³-hybridized carbons (Fsp3) is 0.545. The van der Waals surface area contributed by atoms with Crippen molar-refractivity contribution in [2.45, 2.75) is 19.3 Å². The Balaban J connectivity index is 1.90. The van der Waals surface area contributed by atoms with Gasteiger partial charge in [-0.25, -0.2) is 0 Å². The molecule has 3 heteroatoms. The molecule has 0 radical (unpaired) electrons. The van der Waals surface area contributed by atoms with E-state index in [-0.39, 0.29) is 0 Å². The van der Waals surface area contributed by atoms with Gasteiger partial charge >= 0.3 is 0 Å². The quantitative estimate of drug-likeness (QED) is 0.734. The Morgan fingerprint density at radius 2 is 2.43 bits per heavy atom. The van der Waals surface area contributed by atoms with E-state index in [0.29, 0.717) is 5.41 Å². The van der Waals surface area contributed by atoms with Gasteiger partial charge in [-0.1, -0.05) is 11.2 Å². The van der Waals surface area contributed by atoms with Crippen LogP contribution in [-0.2, 0) is 0 Å². The second-order valence-corrected chi connectivity index (χ2v) is 4.34. The van der Waals surface area contributed by atoms with Crippen LogP contribution in [0.1, 0.15) is 25.0 Å². The number of hydrogen-bond acceptors (Lipinski definition) is 3. The number of rotatable bonds is 1. The zero-order valence-electron chi connectivity index (χ0n) is 8.12. The third kappa shape index (κ3) is 1.20. The summed E-state index contributed by atoms with van der Waals surface area (Å²) in [4.78, 5) is 0. The number of allylic oxidation sites excluding steroid dienone is 1. The molecule has 1 spiro atoms. The van der Waals surface area contributed by atoms with Crippen molar-refractivity contribution in [1.29, 1.82) is 0 Å². The number of nitrogens with one attached hydrogen (secondary N) is 1. The Morgan fingerprint density at radius 1 is 1.43 bits per heavy atom. The van der Waals surface area contributed by atoms with Gasteiger partial charge < -0.3 is 9.84 Å². The molecule has 14 heavy (non-hydrogen) atoms. The summed E-state index contributed by atoms with van der Waals surface area (Å²) in [5, 5.41) is 7.18. The molecule has 1 fully saturated rings. The molecule has 74 valence electrons. The van der Waals surface area contributed by atoms with E-state index >= 15 is 0 Å². The van der Waals surface area contributed by atoms with Crippen LogP contribution in [0.15, 0.2) is 22.9 Å². The van der Waals surface area contributed by atoms with E-state index in [2.05, 4.69) is 16.5 Å². The van der Waals surface area contributed by atoms with Gasteiger partial charge in [-0.05, 0) is 31.4 Å². The minimum Gasteiger partial charge on any atom is -0.357 e. The van der Waals surface area contributed by atoms with Crippen LogP contribution in [0.25, 0.3) is 5.57 Å². The van der Waals surface area contributed by atoms with Crippen LogP contribution < -0.4 is 5.32 Å². The van der Waals surface area contributed by atoms with Gasteiger partial charge in [0, 0.05) is 18.0 Å². The Kier molecular flexibility index (Phi) is 1.74. The van der Waals surface area contributed by atoms with E-state index in [1.807, 2.05) is 6.07 Å². The molecule has 1 aromatic rings. The zero-order chi connectivity index (χ0) is 9.43. The molecule has 3 nitrogen and oxygen atoms in total. The Hall–Kier alpha value is -1.09. The molecule has 0 aromatic carbocycles. The molecule has 1 unspecified atom stereocenters. The molecule has 1 atom stereocenters. The minimum atomic E-state index is 0.419. The third-order valence-electron chi connectivity index (χ3n) is 3.40. The molecule has 0 amide bonds. The van der Waals surface area contributed by atoms with Gasteiger partial charge in [0.1, 0.15) is 0 Å². The van der Waals surface area contributed by atoms with Crippen LogP contribution in [0.2, 0.25) is 0 Å². The zero-order valence-corrected chi connectivity index (χ0v) is 8.12. The standard InChI is InChI=1S/C11H14N2O/c1-3-11(4-6-12-8-11)7-9(1)10-2-5-13-14-10/h2,5,7,12H,1,3-4,6,8H2. The average Bonchev–Trinajstić information content (AvgIpc) is 2.91. The van der Waals surface area contributed by atoms with Crippen LogP contribution in [0.3, 0.4) is 0 Å². The molecule has 1 saturated heterocycles. The molecule has 2 heterocycles. The summed E-state index contributed by atoms with van der Waals surface area (Å²) >= 11 is 0. The van der Waals surface area contributed by atoms with Crippen molar-refractivity contribution < 1.29 is 4.52 Å². The van der Waals surface area contributed by atoms with Gasteiger partial charge in [-0.2, -0.15) is 0 Å². The number of hydrogen-bond donors (Lipinski definition) is 1. The van der Waals surface area contributed by atoms with E-state index in [9.17, 15) is 0 Å². The lowest BCUT2D eigenvalue weighted by Crippen LogP contribution is -2.18. The van der Waals surface area contributed by atoms with E-state index in [0.717, 1.165) is 25.3 Å². The normalized spacial score (nSPS) is 31.3. The van der Waals surface area contributed by atoms with Gasteiger partial charge in [0.15, 0.2) is 5.76 Å². The van der Waals surface area contributed by atoms with Crippen molar-refractivity contribution in [1.82, 2.24) is 10.5 Å². The molecule has 1 aliphatic carbocycles. The van der Waals surface area contributed by atoms with Crippen LogP contribution in [0.5, 0.6) is 0 Å². The summed E-state index contributed by atoms with van der Waals surface area (Å²) in [6.07, 6.45) is 7.78. The molecule has 1 aromatic heterocycles. The van der Waals surface area contributed by atoms with Crippen molar-refractivity contribution in [2.24, 2.45) is 5.41 Å². The molecular formula is C11H14N2O. The van der Waals surface area contributed by atoms with Crippen LogP contribution in [0, 0.1) is 5.41 Å². The summed E-state index contributed by atoms with van der Waals surface area (Å²) in [5.41, 5.74) is 1.76. The molecule has 0 saturated carbocycles. The maximum Gasteiger partial charge on any atom is 0.162 e. The smallest absolute Gasteiger partial charge is 0.162 e. The van der Waals surface area contributed by atoms with Gasteiger partial charge in [0.2, 0.25) is 0 Å². The first-order valence-corrected chi connectivity index (χ1v) is 5.22. The summed E-state index contributed by atoms with van der Waals surface area (Å²) in [5.74, 6) is 0.953. The van der Waals surface area contributed by atoms with Crippen molar-refractivity contribution in [3.8, 4) is 0 Å². The predicted molar refractivity (Wildman–Crippen MR) is 53.6 cm³/mol. The SMILES string of the molecule is C1=C(c2ccno2)CCC12CCNC2. The summed E-state index contributed by atoms with van der Waals surface area (Å²) in [6, 6.07) is 1.95. The first kappa shape index (κ1) is 8.24. The first-order valence-electron chi connectivity index (χ1n) is 5.22. The van der Waals surface area contributed by atoms with Gasteiger partial charge in [0.05, 0.1) is 6.20 Å². The van der Waals surface area contributed by atoms with Gasteiger partial charge in [-0.15, -0.1) is 0 Å². The highest BCUT2D eigenvalue weighted by Gasteiger charge is 2.36. The summed E-state index contributed by atoms with van der Waals surface area (Å²) < 4.78 is 5.18. The molecule has 0 bridgehead atoms. The Bertz CT molecular complexity index is 347. The van der Waals surface area contributed by atoms with E-state index < -0.39 is 0 Å². The summed E-state index contributed by atoms with van der Waals surface area (Å²) in [6.45, 7) is 2.28. The van der Waals surface area contributed by atoms with Gasteiger partial charge in [-0.3, -0.25) is 0 Å². The lowest BCUT2D eigenvalue weighted by atomic mass is 9.87. The summed E-state index contributed by atoms with van der Waals surface area (Å²) in [7, 11) is 0.